The van der Waals surface area contributed by atoms with Gasteiger partial charge in [0.2, 0.25) is 0 Å². The van der Waals surface area contributed by atoms with Crippen LogP contribution in [-0.4, -0.2) is 15.0 Å². The molecule has 0 N–H and O–H groups in total. The Kier molecular flexibility index (Phi) is 3.75. The summed E-state index contributed by atoms with van der Waals surface area (Å²) in [5.74, 6) is -0.767. The molecule has 0 amide bonds. The number of rotatable bonds is 5. The average molecular weight is 617 g/mol. The molecule has 0 aliphatic rings. The average Bonchev–Trinajstić information content (AvgIpc) is 3.64. The number of furan rings is 1. The minimum absolute atomic E-state index is 0.0611. The van der Waals surface area contributed by atoms with Crippen LogP contribution in [0.2, 0.25) is 0 Å². The van der Waals surface area contributed by atoms with Gasteiger partial charge in [-0.1, -0.05) is 139 Å². The Morgan fingerprint density at radius 3 is 1.96 bits per heavy atom. The van der Waals surface area contributed by atoms with Crippen molar-refractivity contribution in [2.75, 3.05) is 0 Å². The van der Waals surface area contributed by atoms with Crippen LogP contribution >= 0.6 is 0 Å². The van der Waals surface area contributed by atoms with E-state index in [1.807, 2.05) is 42.5 Å². The number of nitrogens with zero attached hydrogens (tertiary/aromatic N) is 3. The zero-order valence-corrected chi connectivity index (χ0v) is 24.2. The number of fused-ring (bicyclic) bond motifs is 4. The zero-order chi connectivity index (χ0) is 44.2. The summed E-state index contributed by atoms with van der Waals surface area (Å²) in [5.41, 5.74) is 0.782. The van der Waals surface area contributed by atoms with Gasteiger partial charge >= 0.3 is 0 Å². The molecule has 0 unspecified atom stereocenters. The molecular weight excluding hydrogens is 574 g/mol. The van der Waals surface area contributed by atoms with Gasteiger partial charge in [0, 0.05) is 27.5 Å². The first kappa shape index (κ1) is 15.7. The highest BCUT2D eigenvalue weighted by atomic mass is 16.3. The molecule has 2 aromatic heterocycles. The van der Waals surface area contributed by atoms with Crippen LogP contribution in [0.5, 0.6) is 0 Å². The van der Waals surface area contributed by atoms with Crippen molar-refractivity contribution in [3.8, 4) is 56.4 Å². The minimum atomic E-state index is -0.661. The third-order valence-electron chi connectivity index (χ3n) is 7.77. The van der Waals surface area contributed by atoms with E-state index in [4.69, 9.17) is 30.0 Å². The summed E-state index contributed by atoms with van der Waals surface area (Å²) in [7, 11) is 0. The van der Waals surface area contributed by atoms with Gasteiger partial charge in [-0.3, -0.25) is 0 Å². The van der Waals surface area contributed by atoms with Crippen molar-refractivity contribution in [3.63, 3.8) is 0 Å². The molecule has 4 heteroatoms. The third-order valence-corrected chi connectivity index (χ3v) is 7.77. The van der Waals surface area contributed by atoms with Crippen molar-refractivity contribution in [2.24, 2.45) is 0 Å². The van der Waals surface area contributed by atoms with Gasteiger partial charge in [-0.2, -0.15) is 0 Å². The molecule has 0 bridgehead atoms. The molecule has 9 aromatic rings. The van der Waals surface area contributed by atoms with Crippen molar-refractivity contribution < 1.29 is 25.0 Å². The fourth-order valence-electron chi connectivity index (χ4n) is 5.62. The SMILES string of the molecule is [2H]c1cc2c(oc3c([2H])cc([2H])c(-c4nc(-c5ccc(-c6c([2H])c([2H])c([2H])c([2H])c6[2H])c(-c6ccc7ccccc7c6)c5)nc(-c5c([2H])c([2H])c([2H])c([2H])c5[2H])n4)c32)c([2H])c1[2H]. The molecule has 0 aliphatic heterocycles. The van der Waals surface area contributed by atoms with E-state index in [1.54, 1.807) is 12.1 Å². The Balaban J connectivity index is 1.39. The van der Waals surface area contributed by atoms with Crippen LogP contribution in [0.3, 0.4) is 0 Å². The van der Waals surface area contributed by atoms with E-state index in [9.17, 15) is 0 Å². The summed E-state index contributed by atoms with van der Waals surface area (Å²) in [4.78, 5) is 14.0. The van der Waals surface area contributed by atoms with Gasteiger partial charge in [-0.15, -0.1) is 0 Å². The maximum absolute atomic E-state index is 9.12. The summed E-state index contributed by atoms with van der Waals surface area (Å²) in [6.07, 6.45) is 0. The molecule has 0 radical (unpaired) electrons. The molecule has 0 saturated heterocycles. The standard InChI is InChI=1S/C43H27N3O/c1-3-13-29(14-4-1)34-25-24-33(27-37(34)32-23-22-28-12-7-8-17-31(28)26-32)42-44-41(30-15-5-2-6-16-30)45-43(46-42)36-19-11-21-39-40(36)35-18-9-10-20-38(35)47-39/h1-27H/i1D,2D,3D,4D,5D,6D,9D,10D,13D,14D,15D,16D,19D,20D,21D. The quantitative estimate of drug-likeness (QED) is 0.193. The van der Waals surface area contributed by atoms with E-state index in [2.05, 4.69) is 9.97 Å². The summed E-state index contributed by atoms with van der Waals surface area (Å²) in [5, 5.41) is 1.95. The summed E-state index contributed by atoms with van der Waals surface area (Å²) in [6.45, 7) is 0. The van der Waals surface area contributed by atoms with Crippen LogP contribution in [0, 0.1) is 0 Å². The monoisotopic (exact) mass is 616 g/mol. The lowest BCUT2D eigenvalue weighted by molar-refractivity contribution is 0.669. The van der Waals surface area contributed by atoms with E-state index in [1.165, 1.54) is 12.1 Å². The van der Waals surface area contributed by atoms with Gasteiger partial charge in [-0.05, 0) is 57.2 Å². The highest BCUT2D eigenvalue weighted by molar-refractivity contribution is 6.11. The predicted octanol–water partition coefficient (Wildman–Crippen LogP) is 11.3. The Bertz CT molecular complexity index is 3390. The minimum Gasteiger partial charge on any atom is -0.456 e. The predicted molar refractivity (Wildman–Crippen MR) is 192 cm³/mol. The molecule has 7 aromatic carbocycles. The number of para-hydroxylation sites is 1. The molecule has 0 aliphatic carbocycles. The Labute approximate surface area is 292 Å². The number of aromatic nitrogens is 3. The lowest BCUT2D eigenvalue weighted by Gasteiger charge is -2.14. The van der Waals surface area contributed by atoms with Crippen molar-refractivity contribution >= 4 is 32.7 Å². The molecule has 0 atom stereocenters. The van der Waals surface area contributed by atoms with Crippen LogP contribution in [0.25, 0.3) is 89.1 Å². The molecule has 47 heavy (non-hydrogen) atoms. The van der Waals surface area contributed by atoms with Crippen LogP contribution in [0.1, 0.15) is 20.6 Å². The second-order valence-corrected chi connectivity index (χ2v) is 10.5. The Morgan fingerprint density at radius 2 is 1.13 bits per heavy atom. The number of hydrogen-bond acceptors (Lipinski definition) is 4. The lowest BCUT2D eigenvalue weighted by Crippen LogP contribution is -2.01. The van der Waals surface area contributed by atoms with E-state index in [0.717, 1.165) is 16.8 Å². The van der Waals surface area contributed by atoms with Gasteiger partial charge in [-0.25, -0.2) is 15.0 Å². The first-order chi connectivity index (χ1) is 29.5. The maximum atomic E-state index is 9.12. The van der Waals surface area contributed by atoms with E-state index in [-0.39, 0.29) is 85.4 Å². The Hall–Kier alpha value is -6.39. The van der Waals surface area contributed by atoms with Crippen molar-refractivity contribution in [2.45, 2.75) is 0 Å². The highest BCUT2D eigenvalue weighted by Crippen LogP contribution is 2.39. The summed E-state index contributed by atoms with van der Waals surface area (Å²) >= 11 is 0. The van der Waals surface area contributed by atoms with Gasteiger partial charge in [0.1, 0.15) is 11.2 Å². The molecule has 0 saturated carbocycles. The van der Waals surface area contributed by atoms with Gasteiger partial charge in [0.15, 0.2) is 17.5 Å². The Morgan fingerprint density at radius 1 is 0.426 bits per heavy atom. The largest absolute Gasteiger partial charge is 0.456 e. The normalized spacial score (nSPS) is 15.9. The van der Waals surface area contributed by atoms with Crippen LogP contribution < -0.4 is 0 Å². The molecular formula is C43H27N3O. The summed E-state index contributed by atoms with van der Waals surface area (Å²) in [6, 6.07) is 12.9. The highest BCUT2D eigenvalue weighted by Gasteiger charge is 2.19. The molecule has 220 valence electrons. The first-order valence-electron chi connectivity index (χ1n) is 22.0. The lowest BCUT2D eigenvalue weighted by atomic mass is 9.91. The maximum Gasteiger partial charge on any atom is 0.164 e. The topological polar surface area (TPSA) is 51.8 Å². The molecule has 2 heterocycles. The second kappa shape index (κ2) is 11.2. The molecule has 0 spiro atoms. The van der Waals surface area contributed by atoms with Gasteiger partial charge in [0.05, 0.1) is 20.6 Å². The summed E-state index contributed by atoms with van der Waals surface area (Å²) < 4.78 is 134. The smallest absolute Gasteiger partial charge is 0.164 e. The van der Waals surface area contributed by atoms with Crippen molar-refractivity contribution in [3.05, 3.63) is 163 Å². The van der Waals surface area contributed by atoms with Crippen LogP contribution in [0.4, 0.5) is 0 Å². The van der Waals surface area contributed by atoms with Crippen LogP contribution in [0.15, 0.2) is 168 Å². The van der Waals surface area contributed by atoms with Crippen molar-refractivity contribution in [1.29, 1.82) is 0 Å². The molecule has 4 nitrogen and oxygen atoms in total. The van der Waals surface area contributed by atoms with E-state index < -0.39 is 72.5 Å². The van der Waals surface area contributed by atoms with Gasteiger partial charge in [0.25, 0.3) is 0 Å². The fourth-order valence-corrected chi connectivity index (χ4v) is 5.62. The number of hydrogen-bond donors (Lipinski definition) is 0. The van der Waals surface area contributed by atoms with Crippen molar-refractivity contribution in [1.82, 2.24) is 15.0 Å². The first-order valence-corrected chi connectivity index (χ1v) is 14.5. The van der Waals surface area contributed by atoms with Crippen LogP contribution in [-0.2, 0) is 0 Å². The van der Waals surface area contributed by atoms with E-state index >= 15 is 0 Å². The number of benzene rings is 7. The molecule has 0 fully saturated rings. The zero-order valence-electron chi connectivity index (χ0n) is 39.2. The fraction of sp³-hybridized carbons (Fsp3) is 0. The van der Waals surface area contributed by atoms with Gasteiger partial charge < -0.3 is 4.42 Å². The van der Waals surface area contributed by atoms with E-state index in [0.29, 0.717) is 11.1 Å². The molecule has 9 rings (SSSR count). The third kappa shape index (κ3) is 4.84. The second-order valence-electron chi connectivity index (χ2n) is 10.5.